The van der Waals surface area contributed by atoms with Gasteiger partial charge < -0.3 is 5.32 Å². The molecule has 0 spiro atoms. The van der Waals surface area contributed by atoms with Crippen LogP contribution in [0.3, 0.4) is 0 Å². The van der Waals surface area contributed by atoms with Gasteiger partial charge in [-0.25, -0.2) is 21.6 Å². The summed E-state index contributed by atoms with van der Waals surface area (Å²) in [5, 5.41) is 3.21. The predicted molar refractivity (Wildman–Crippen MR) is 107 cm³/mol. The average molecular weight is 421 g/mol. The molecule has 1 saturated heterocycles. The van der Waals surface area contributed by atoms with E-state index in [9.17, 15) is 16.8 Å². The molecule has 2 aliphatic rings. The summed E-state index contributed by atoms with van der Waals surface area (Å²) in [4.78, 5) is 0.425. The third kappa shape index (κ3) is 3.50. The molecular weight excluding hydrogens is 396 g/mol. The third-order valence-electron chi connectivity index (χ3n) is 5.52. The minimum absolute atomic E-state index is 0.0488. The quantitative estimate of drug-likeness (QED) is 0.792. The molecule has 2 aromatic rings. The minimum atomic E-state index is -3.81. The van der Waals surface area contributed by atoms with Crippen molar-refractivity contribution in [3.8, 4) is 0 Å². The molecule has 1 fully saturated rings. The van der Waals surface area contributed by atoms with Crippen LogP contribution in [0.4, 0.5) is 0 Å². The van der Waals surface area contributed by atoms with Crippen LogP contribution in [0.5, 0.6) is 0 Å². The average Bonchev–Trinajstić information content (AvgIpc) is 2.76. The zero-order valence-corrected chi connectivity index (χ0v) is 17.4. The molecule has 6 nitrogen and oxygen atoms in total. The first kappa shape index (κ1) is 19.6. The number of sulfonamides is 1. The molecule has 2 aromatic carbocycles. The fraction of sp³-hybridized carbons (Fsp3) is 0.400. The Morgan fingerprint density at radius 3 is 2.43 bits per heavy atom. The number of nitrogens with one attached hydrogen (secondary N) is 2. The van der Waals surface area contributed by atoms with Crippen LogP contribution in [0, 0.1) is 6.92 Å². The van der Waals surface area contributed by atoms with Gasteiger partial charge in [0.05, 0.1) is 14.7 Å². The zero-order chi connectivity index (χ0) is 19.9. The second kappa shape index (κ2) is 7.26. The van der Waals surface area contributed by atoms with Crippen LogP contribution in [0.15, 0.2) is 51.1 Å². The number of piperidine rings is 1. The lowest BCUT2D eigenvalue weighted by atomic mass is 10.0. The highest BCUT2D eigenvalue weighted by molar-refractivity contribution is 7.92. The molecule has 0 bridgehead atoms. The first-order valence-corrected chi connectivity index (χ1v) is 12.5. The molecule has 0 saturated carbocycles. The maximum Gasteiger partial charge on any atom is 0.241 e. The van der Waals surface area contributed by atoms with Crippen molar-refractivity contribution in [3.05, 3.63) is 53.1 Å². The maximum atomic E-state index is 13.3. The Kier molecular flexibility index (Phi) is 5.07. The van der Waals surface area contributed by atoms with Gasteiger partial charge >= 0.3 is 0 Å². The number of hydrogen-bond donors (Lipinski definition) is 2. The van der Waals surface area contributed by atoms with E-state index < -0.39 is 19.9 Å². The summed E-state index contributed by atoms with van der Waals surface area (Å²) in [6.45, 7) is 3.25. The van der Waals surface area contributed by atoms with Crippen molar-refractivity contribution in [3.63, 3.8) is 0 Å². The first-order chi connectivity index (χ1) is 13.3. The molecule has 0 radical (unpaired) electrons. The van der Waals surface area contributed by atoms with Crippen LogP contribution in [0.25, 0.3) is 0 Å². The van der Waals surface area contributed by atoms with Crippen LogP contribution >= 0.6 is 0 Å². The van der Waals surface area contributed by atoms with Gasteiger partial charge in [-0.05, 0) is 74.5 Å². The number of fused-ring (bicyclic) bond motifs is 2. The van der Waals surface area contributed by atoms with Gasteiger partial charge in [-0.15, -0.1) is 0 Å². The van der Waals surface area contributed by atoms with Gasteiger partial charge in [0.1, 0.15) is 0 Å². The Labute approximate surface area is 166 Å². The van der Waals surface area contributed by atoms with Crippen LogP contribution in [-0.4, -0.2) is 36.0 Å². The van der Waals surface area contributed by atoms with E-state index in [1.807, 2.05) is 12.1 Å². The second-order valence-corrected chi connectivity index (χ2v) is 11.1. The van der Waals surface area contributed by atoms with Crippen LogP contribution in [0.1, 0.15) is 29.5 Å². The highest BCUT2D eigenvalue weighted by atomic mass is 32.2. The molecule has 0 unspecified atom stereocenters. The normalized spacial score (nSPS) is 19.5. The van der Waals surface area contributed by atoms with Gasteiger partial charge in [0.2, 0.25) is 19.9 Å². The van der Waals surface area contributed by atoms with Crippen molar-refractivity contribution in [2.45, 2.75) is 53.3 Å². The van der Waals surface area contributed by atoms with Gasteiger partial charge in [0.25, 0.3) is 0 Å². The smallest absolute Gasteiger partial charge is 0.241 e. The fourth-order valence-corrected chi connectivity index (χ4v) is 7.47. The molecule has 0 aromatic heterocycles. The Balaban J connectivity index is 1.80. The van der Waals surface area contributed by atoms with Crippen molar-refractivity contribution < 1.29 is 16.8 Å². The maximum absolute atomic E-state index is 13.3. The van der Waals surface area contributed by atoms with E-state index in [1.54, 1.807) is 25.1 Å². The highest BCUT2D eigenvalue weighted by Crippen LogP contribution is 2.34. The van der Waals surface area contributed by atoms with Crippen molar-refractivity contribution in [2.24, 2.45) is 0 Å². The molecule has 150 valence electrons. The van der Waals surface area contributed by atoms with Crippen LogP contribution < -0.4 is 10.0 Å². The Morgan fingerprint density at radius 2 is 1.68 bits per heavy atom. The lowest BCUT2D eigenvalue weighted by Gasteiger charge is -2.24. The number of aryl methyl sites for hydroxylation is 3. The molecule has 0 aliphatic carbocycles. The van der Waals surface area contributed by atoms with Gasteiger partial charge in [0.15, 0.2) is 0 Å². The molecule has 0 atom stereocenters. The van der Waals surface area contributed by atoms with E-state index in [1.165, 1.54) is 6.07 Å². The number of hydrogen-bond acceptors (Lipinski definition) is 5. The lowest BCUT2D eigenvalue weighted by Crippen LogP contribution is -2.42. The van der Waals surface area contributed by atoms with Gasteiger partial charge in [-0.1, -0.05) is 24.3 Å². The second-order valence-electron chi connectivity index (χ2n) is 7.48. The molecule has 2 aliphatic heterocycles. The predicted octanol–water partition coefficient (Wildman–Crippen LogP) is 1.96. The van der Waals surface area contributed by atoms with Gasteiger partial charge in [0, 0.05) is 6.04 Å². The molecule has 8 heteroatoms. The summed E-state index contributed by atoms with van der Waals surface area (Å²) in [6, 6.07) is 9.88. The number of rotatable bonds is 3. The third-order valence-corrected chi connectivity index (χ3v) is 9.12. The number of benzene rings is 2. The summed E-state index contributed by atoms with van der Waals surface area (Å²) in [5.41, 5.74) is 2.02. The largest absolute Gasteiger partial charge is 0.317 e. The topological polar surface area (TPSA) is 92.3 Å². The highest BCUT2D eigenvalue weighted by Gasteiger charge is 2.31. The van der Waals surface area contributed by atoms with Crippen molar-refractivity contribution in [1.82, 2.24) is 10.0 Å². The Hall–Kier alpha value is -1.74. The molecule has 28 heavy (non-hydrogen) atoms. The molecule has 4 rings (SSSR count). The molecule has 0 amide bonds. The Morgan fingerprint density at radius 1 is 1.00 bits per heavy atom. The fourth-order valence-electron chi connectivity index (χ4n) is 4.05. The van der Waals surface area contributed by atoms with Crippen molar-refractivity contribution in [1.29, 1.82) is 0 Å². The zero-order valence-electron chi connectivity index (χ0n) is 15.7. The Bertz CT molecular complexity index is 1120. The number of sulfone groups is 1. The first-order valence-electron chi connectivity index (χ1n) is 9.48. The van der Waals surface area contributed by atoms with Gasteiger partial charge in [-0.2, -0.15) is 0 Å². The van der Waals surface area contributed by atoms with E-state index in [0.717, 1.165) is 31.5 Å². The molecule has 2 N–H and O–H groups in total. The molecular formula is C20H24N2O4S2. The molecule has 2 heterocycles. The summed E-state index contributed by atoms with van der Waals surface area (Å²) in [5.74, 6) is 0. The van der Waals surface area contributed by atoms with Crippen molar-refractivity contribution in [2.75, 3.05) is 13.1 Å². The summed E-state index contributed by atoms with van der Waals surface area (Å²) in [6.07, 6.45) is 2.61. The lowest BCUT2D eigenvalue weighted by molar-refractivity contribution is 0.427. The standard InChI is InChI=1S/C20H24N2O4S2/c1-14-12-16-7-6-15-4-2-3-5-18(15)27(23,24)20(16)13-19(14)28(25,26)22-17-8-10-21-11-9-17/h2-5,12-13,17,21-22H,6-11H2,1H3. The monoisotopic (exact) mass is 420 g/mol. The van der Waals surface area contributed by atoms with Crippen LogP contribution in [0.2, 0.25) is 0 Å². The van der Waals surface area contributed by atoms with E-state index in [4.69, 9.17) is 0 Å². The van der Waals surface area contributed by atoms with E-state index >= 15 is 0 Å². The van der Waals surface area contributed by atoms with Crippen molar-refractivity contribution >= 4 is 19.9 Å². The SMILES string of the molecule is Cc1cc2c(cc1S(=O)(=O)NC1CCNCC1)S(=O)(=O)c1ccccc1CC2. The summed E-state index contributed by atoms with van der Waals surface area (Å²) in [7, 11) is -7.58. The summed E-state index contributed by atoms with van der Waals surface area (Å²) < 4.78 is 55.3. The van der Waals surface area contributed by atoms with Gasteiger partial charge in [-0.3, -0.25) is 0 Å². The van der Waals surface area contributed by atoms with E-state index in [2.05, 4.69) is 10.0 Å². The van der Waals surface area contributed by atoms with E-state index in [-0.39, 0.29) is 20.7 Å². The summed E-state index contributed by atoms with van der Waals surface area (Å²) >= 11 is 0. The minimum Gasteiger partial charge on any atom is -0.317 e. The van der Waals surface area contributed by atoms with E-state index in [0.29, 0.717) is 24.0 Å². The van der Waals surface area contributed by atoms with Crippen LogP contribution in [-0.2, 0) is 32.7 Å².